The molecule has 1 rings (SSSR count). The number of hydrazine groups is 1. The van der Waals surface area contributed by atoms with E-state index < -0.39 is 17.8 Å². The molecule has 0 saturated carbocycles. The van der Waals surface area contributed by atoms with Gasteiger partial charge in [0.2, 0.25) is 5.91 Å². The Labute approximate surface area is 180 Å². The van der Waals surface area contributed by atoms with Crippen LogP contribution in [0, 0.1) is 0 Å². The normalized spacial score (nSPS) is 9.96. The van der Waals surface area contributed by atoms with Crippen molar-refractivity contribution in [2.24, 2.45) is 0 Å². The second-order valence-electron chi connectivity index (χ2n) is 5.13. The first-order chi connectivity index (χ1) is 13.3. The molecule has 1 aromatic rings. The highest BCUT2D eigenvalue weighted by Gasteiger charge is 2.11. The number of amides is 2. The molecule has 0 unspecified atom stereocenters. The fraction of sp³-hybridized carbons (Fsp3) is 0.375. The monoisotopic (exact) mass is 495 g/mol. The molecule has 0 spiro atoms. The molecule has 154 valence electrons. The number of esters is 1. The Hall–Kier alpha value is -1.95. The molecule has 0 atom stereocenters. The number of rotatable bonds is 9. The van der Waals surface area contributed by atoms with Crippen LogP contribution in [0.3, 0.4) is 0 Å². The number of carbonyl (C=O) groups excluding carboxylic acids is 3. The number of hydrogen-bond acceptors (Lipinski definition) is 7. The number of hydrogen-bond donors (Lipinski definition) is 3. The summed E-state index contributed by atoms with van der Waals surface area (Å²) >= 11 is 14.0. The third-order valence-electron chi connectivity index (χ3n) is 2.93. The zero-order chi connectivity index (χ0) is 20.9. The number of ether oxygens (including phenoxy) is 3. The van der Waals surface area contributed by atoms with Crippen LogP contribution >= 0.6 is 39.7 Å². The molecule has 12 heteroatoms. The van der Waals surface area contributed by atoms with Gasteiger partial charge in [0.25, 0.3) is 5.91 Å². The molecule has 0 bridgehead atoms. The van der Waals surface area contributed by atoms with E-state index in [4.69, 9.17) is 38.0 Å². The molecule has 0 fully saturated rings. The van der Waals surface area contributed by atoms with Crippen molar-refractivity contribution in [2.45, 2.75) is 12.8 Å². The van der Waals surface area contributed by atoms with E-state index in [-0.39, 0.29) is 37.8 Å². The lowest BCUT2D eigenvalue weighted by Gasteiger charge is -2.12. The average Bonchev–Trinajstić information content (AvgIpc) is 2.64. The molecule has 0 saturated heterocycles. The van der Waals surface area contributed by atoms with E-state index in [2.05, 4.69) is 32.1 Å². The molecule has 0 radical (unpaired) electrons. The standard InChI is InChI=1S/C16H19BrClN3O6S/c1-25-6-7-26-15(24)5-4-13(22)19-16(28)21-20-14(23)9-27-12-3-2-10(18)8-11(12)17/h2-3,8H,4-7,9H2,1H3,(H,20,23)(H2,19,21,22,28). The predicted molar refractivity (Wildman–Crippen MR) is 109 cm³/mol. The maximum atomic E-state index is 11.7. The topological polar surface area (TPSA) is 115 Å². The summed E-state index contributed by atoms with van der Waals surface area (Å²) in [5.74, 6) is -1.12. The molecular formula is C16H19BrClN3O6S. The van der Waals surface area contributed by atoms with Crippen molar-refractivity contribution in [2.75, 3.05) is 26.9 Å². The largest absolute Gasteiger partial charge is 0.483 e. The third kappa shape index (κ3) is 10.4. The Balaban J connectivity index is 2.21. The number of benzene rings is 1. The van der Waals surface area contributed by atoms with Crippen LogP contribution in [-0.2, 0) is 23.9 Å². The Morgan fingerprint density at radius 2 is 1.89 bits per heavy atom. The minimum Gasteiger partial charge on any atom is -0.483 e. The molecule has 9 nitrogen and oxygen atoms in total. The van der Waals surface area contributed by atoms with E-state index in [1.807, 2.05) is 0 Å². The second kappa shape index (κ2) is 13.3. The Morgan fingerprint density at radius 3 is 2.57 bits per heavy atom. The lowest BCUT2D eigenvalue weighted by molar-refractivity contribution is -0.146. The van der Waals surface area contributed by atoms with Crippen molar-refractivity contribution in [3.05, 3.63) is 27.7 Å². The molecule has 3 N–H and O–H groups in total. The Kier molecular flexibility index (Phi) is 11.4. The van der Waals surface area contributed by atoms with Crippen LogP contribution in [0.15, 0.2) is 22.7 Å². The van der Waals surface area contributed by atoms with Crippen LogP contribution in [0.25, 0.3) is 0 Å². The highest BCUT2D eigenvalue weighted by atomic mass is 79.9. The summed E-state index contributed by atoms with van der Waals surface area (Å²) in [6.45, 7) is 0.110. The van der Waals surface area contributed by atoms with Gasteiger partial charge in [-0.2, -0.15) is 0 Å². The minimum atomic E-state index is -0.528. The SMILES string of the molecule is COCCOC(=O)CCC(=O)NC(=S)NNC(=O)COc1ccc(Cl)cc1Br. The molecule has 1 aromatic carbocycles. The van der Waals surface area contributed by atoms with Gasteiger partial charge in [-0.3, -0.25) is 25.2 Å². The van der Waals surface area contributed by atoms with Gasteiger partial charge in [-0.1, -0.05) is 11.6 Å². The highest BCUT2D eigenvalue weighted by Crippen LogP contribution is 2.27. The van der Waals surface area contributed by atoms with E-state index >= 15 is 0 Å². The molecule has 0 aromatic heterocycles. The van der Waals surface area contributed by atoms with Crippen LogP contribution in [0.5, 0.6) is 5.75 Å². The van der Waals surface area contributed by atoms with Gasteiger partial charge in [-0.25, -0.2) is 0 Å². The zero-order valence-electron chi connectivity index (χ0n) is 14.9. The second-order valence-corrected chi connectivity index (χ2v) is 6.83. The first-order valence-electron chi connectivity index (χ1n) is 7.93. The number of nitrogens with one attached hydrogen (secondary N) is 3. The minimum absolute atomic E-state index is 0.103. The molecule has 2 amide bonds. The number of carbonyl (C=O) groups is 3. The lowest BCUT2D eigenvalue weighted by Crippen LogP contribution is -2.49. The summed E-state index contributed by atoms with van der Waals surface area (Å²) in [5.41, 5.74) is 4.63. The van der Waals surface area contributed by atoms with Crippen molar-refractivity contribution < 1.29 is 28.6 Å². The van der Waals surface area contributed by atoms with Gasteiger partial charge in [0.15, 0.2) is 11.7 Å². The molecule has 0 aliphatic heterocycles. The molecule has 28 heavy (non-hydrogen) atoms. The smallest absolute Gasteiger partial charge is 0.306 e. The van der Waals surface area contributed by atoms with Crippen molar-refractivity contribution in [1.82, 2.24) is 16.2 Å². The van der Waals surface area contributed by atoms with Gasteiger partial charge in [-0.15, -0.1) is 0 Å². The summed E-state index contributed by atoms with van der Waals surface area (Å²) in [6, 6.07) is 4.86. The van der Waals surface area contributed by atoms with Crippen molar-refractivity contribution >= 4 is 62.6 Å². The van der Waals surface area contributed by atoms with E-state index in [1.165, 1.54) is 7.11 Å². The van der Waals surface area contributed by atoms with Crippen LogP contribution < -0.4 is 20.9 Å². The van der Waals surface area contributed by atoms with Crippen molar-refractivity contribution in [1.29, 1.82) is 0 Å². The maximum absolute atomic E-state index is 11.7. The quantitative estimate of drug-likeness (QED) is 0.204. The molecular weight excluding hydrogens is 478 g/mol. The van der Waals surface area contributed by atoms with Crippen LogP contribution in [0.2, 0.25) is 5.02 Å². The first-order valence-corrected chi connectivity index (χ1v) is 9.50. The van der Waals surface area contributed by atoms with Gasteiger partial charge < -0.3 is 19.5 Å². The number of thiocarbonyl (C=S) groups is 1. The average molecular weight is 497 g/mol. The van der Waals surface area contributed by atoms with E-state index in [0.717, 1.165) is 0 Å². The third-order valence-corrected chi connectivity index (χ3v) is 3.99. The van der Waals surface area contributed by atoms with E-state index in [1.54, 1.807) is 18.2 Å². The number of methoxy groups -OCH3 is 1. The van der Waals surface area contributed by atoms with Crippen LogP contribution in [0.1, 0.15) is 12.8 Å². The summed E-state index contributed by atoms with van der Waals surface area (Å²) in [4.78, 5) is 34.8. The Morgan fingerprint density at radius 1 is 1.14 bits per heavy atom. The Bertz CT molecular complexity index is 722. The van der Waals surface area contributed by atoms with Gasteiger partial charge in [-0.05, 0) is 46.3 Å². The van der Waals surface area contributed by atoms with E-state index in [9.17, 15) is 14.4 Å². The van der Waals surface area contributed by atoms with E-state index in [0.29, 0.717) is 15.2 Å². The molecule has 0 heterocycles. The van der Waals surface area contributed by atoms with Gasteiger partial charge in [0.1, 0.15) is 12.4 Å². The lowest BCUT2D eigenvalue weighted by atomic mass is 10.3. The molecule has 0 aliphatic carbocycles. The summed E-state index contributed by atoms with van der Waals surface area (Å²) in [5, 5.41) is 2.71. The summed E-state index contributed by atoms with van der Waals surface area (Å²) in [6.07, 6.45) is -0.219. The van der Waals surface area contributed by atoms with Crippen molar-refractivity contribution in [3.8, 4) is 5.75 Å². The van der Waals surface area contributed by atoms with Crippen LogP contribution in [0.4, 0.5) is 0 Å². The van der Waals surface area contributed by atoms with Gasteiger partial charge >= 0.3 is 5.97 Å². The van der Waals surface area contributed by atoms with Gasteiger partial charge in [0, 0.05) is 18.6 Å². The highest BCUT2D eigenvalue weighted by molar-refractivity contribution is 9.10. The first kappa shape index (κ1) is 24.1. The van der Waals surface area contributed by atoms with Crippen molar-refractivity contribution in [3.63, 3.8) is 0 Å². The van der Waals surface area contributed by atoms with Crippen LogP contribution in [-0.4, -0.2) is 49.8 Å². The fourth-order valence-corrected chi connectivity index (χ4v) is 2.61. The van der Waals surface area contributed by atoms with Gasteiger partial charge in [0.05, 0.1) is 17.5 Å². The number of halogens is 2. The predicted octanol–water partition coefficient (Wildman–Crippen LogP) is 1.47. The summed E-state index contributed by atoms with van der Waals surface area (Å²) < 4.78 is 15.5. The zero-order valence-corrected chi connectivity index (χ0v) is 18.0. The fourth-order valence-electron chi connectivity index (χ4n) is 1.65. The summed E-state index contributed by atoms with van der Waals surface area (Å²) in [7, 11) is 1.48. The molecule has 0 aliphatic rings. The maximum Gasteiger partial charge on any atom is 0.306 e.